The maximum absolute atomic E-state index is 6.71. The zero-order valence-corrected chi connectivity index (χ0v) is 25.3. The van der Waals surface area contributed by atoms with E-state index in [0.717, 1.165) is 33.1 Å². The summed E-state index contributed by atoms with van der Waals surface area (Å²) in [6.07, 6.45) is 0. The van der Waals surface area contributed by atoms with Crippen molar-refractivity contribution in [2.75, 3.05) is 0 Å². The van der Waals surface area contributed by atoms with Gasteiger partial charge in [0.1, 0.15) is 11.2 Å². The Morgan fingerprint density at radius 2 is 1.00 bits per heavy atom. The van der Waals surface area contributed by atoms with Gasteiger partial charge in [0.15, 0.2) is 0 Å². The van der Waals surface area contributed by atoms with Crippen LogP contribution < -0.4 is 0 Å². The van der Waals surface area contributed by atoms with Crippen molar-refractivity contribution in [2.24, 2.45) is 0 Å². The molecule has 10 rings (SSSR count). The fraction of sp³-hybridized carbons (Fsp3) is 0.0222. The first kappa shape index (κ1) is 25.4. The summed E-state index contributed by atoms with van der Waals surface area (Å²) in [6.45, 7) is 2.17. The minimum absolute atomic E-state index is 0.942. The Balaban J connectivity index is 1.20. The predicted molar refractivity (Wildman–Crippen MR) is 196 cm³/mol. The summed E-state index contributed by atoms with van der Waals surface area (Å²) in [6, 6.07) is 55.4. The molecular formula is C45H28O. The fourth-order valence-corrected chi connectivity index (χ4v) is 7.73. The monoisotopic (exact) mass is 584 g/mol. The number of furan rings is 1. The van der Waals surface area contributed by atoms with E-state index in [1.807, 2.05) is 0 Å². The maximum atomic E-state index is 6.71. The highest BCUT2D eigenvalue weighted by molar-refractivity contribution is 6.27. The third-order valence-electron chi connectivity index (χ3n) is 9.90. The molecule has 0 fully saturated rings. The maximum Gasteiger partial charge on any atom is 0.143 e. The summed E-state index contributed by atoms with van der Waals surface area (Å²) in [4.78, 5) is 0. The van der Waals surface area contributed by atoms with E-state index in [0.29, 0.717) is 0 Å². The second-order valence-electron chi connectivity index (χ2n) is 12.5. The molecule has 0 saturated carbocycles. The van der Waals surface area contributed by atoms with Crippen LogP contribution in [-0.2, 0) is 0 Å². The van der Waals surface area contributed by atoms with Crippen molar-refractivity contribution in [2.45, 2.75) is 6.92 Å². The zero-order valence-electron chi connectivity index (χ0n) is 25.3. The minimum atomic E-state index is 0.942. The SMILES string of the molecule is Cc1cc(-c2ccc3ccc4c(-c5ccccc5)ccc5ccc2c3c54)cc2c1oc1c(-c3ccc4ccccc4c3)cccc12. The van der Waals surface area contributed by atoms with E-state index in [1.165, 1.54) is 70.9 Å². The van der Waals surface area contributed by atoms with Crippen molar-refractivity contribution < 1.29 is 4.42 Å². The van der Waals surface area contributed by atoms with Gasteiger partial charge in [-0.25, -0.2) is 0 Å². The predicted octanol–water partition coefficient (Wildman–Crippen LogP) is 12.9. The van der Waals surface area contributed by atoms with E-state index in [1.54, 1.807) is 0 Å². The molecule has 0 N–H and O–H groups in total. The fourth-order valence-electron chi connectivity index (χ4n) is 7.73. The Labute approximate surface area is 266 Å². The Bertz CT molecular complexity index is 2800. The van der Waals surface area contributed by atoms with Crippen LogP contribution in [-0.4, -0.2) is 0 Å². The van der Waals surface area contributed by atoms with Crippen LogP contribution in [0.1, 0.15) is 5.56 Å². The molecule has 0 amide bonds. The Kier molecular flexibility index (Phi) is 5.27. The molecule has 1 nitrogen and oxygen atoms in total. The lowest BCUT2D eigenvalue weighted by molar-refractivity contribution is 0.667. The molecule has 0 bridgehead atoms. The number of para-hydroxylation sites is 1. The van der Waals surface area contributed by atoms with Crippen LogP contribution in [0, 0.1) is 6.92 Å². The van der Waals surface area contributed by atoms with Crippen LogP contribution in [0.3, 0.4) is 0 Å². The van der Waals surface area contributed by atoms with E-state index >= 15 is 0 Å². The van der Waals surface area contributed by atoms with Crippen molar-refractivity contribution >= 4 is 65.0 Å². The van der Waals surface area contributed by atoms with Crippen molar-refractivity contribution in [3.05, 3.63) is 157 Å². The first-order valence-corrected chi connectivity index (χ1v) is 15.9. The van der Waals surface area contributed by atoms with Crippen molar-refractivity contribution in [3.63, 3.8) is 0 Å². The molecule has 9 aromatic carbocycles. The van der Waals surface area contributed by atoms with E-state index in [2.05, 4.69) is 159 Å². The number of rotatable bonds is 3. The molecule has 46 heavy (non-hydrogen) atoms. The molecular weight excluding hydrogens is 556 g/mol. The molecule has 0 aliphatic heterocycles. The summed E-state index contributed by atoms with van der Waals surface area (Å²) in [5, 5.41) is 12.6. The molecule has 0 saturated heterocycles. The molecule has 0 atom stereocenters. The van der Waals surface area contributed by atoms with Gasteiger partial charge in [-0.2, -0.15) is 0 Å². The van der Waals surface area contributed by atoms with Crippen LogP contribution >= 0.6 is 0 Å². The van der Waals surface area contributed by atoms with Crippen molar-refractivity contribution in [3.8, 4) is 33.4 Å². The topological polar surface area (TPSA) is 13.1 Å². The Hall–Kier alpha value is -5.92. The van der Waals surface area contributed by atoms with Gasteiger partial charge in [0, 0.05) is 16.3 Å². The van der Waals surface area contributed by atoms with Crippen LogP contribution in [0.2, 0.25) is 0 Å². The molecule has 0 aliphatic rings. The zero-order chi connectivity index (χ0) is 30.4. The molecule has 1 heterocycles. The number of benzene rings is 9. The molecule has 0 radical (unpaired) electrons. The minimum Gasteiger partial charge on any atom is -0.455 e. The number of fused-ring (bicyclic) bond motifs is 4. The quantitative estimate of drug-likeness (QED) is 0.188. The molecule has 1 aromatic heterocycles. The summed E-state index contributed by atoms with van der Waals surface area (Å²) in [5.74, 6) is 0. The molecule has 10 aromatic rings. The molecule has 1 heteroatoms. The normalized spacial score (nSPS) is 12.0. The van der Waals surface area contributed by atoms with Crippen molar-refractivity contribution in [1.82, 2.24) is 0 Å². The summed E-state index contributed by atoms with van der Waals surface area (Å²) < 4.78 is 6.71. The highest BCUT2D eigenvalue weighted by atomic mass is 16.3. The lowest BCUT2D eigenvalue weighted by Crippen LogP contribution is -1.90. The summed E-state index contributed by atoms with van der Waals surface area (Å²) in [5.41, 5.74) is 10.3. The standard InChI is InChI=1S/C45H28O/c1-27-24-34(26-41-40-13-7-12-37(45(40)46-44(27)41)33-15-14-28-8-5-6-11-32(28)25-33)36-21-17-31-18-22-38-35(29-9-3-2-4-10-29)20-16-30-19-23-39(36)43(31)42(30)38/h2-26H,1H3. The van der Waals surface area contributed by atoms with Gasteiger partial charge in [-0.3, -0.25) is 0 Å². The summed E-state index contributed by atoms with van der Waals surface area (Å²) >= 11 is 0. The number of aryl methyl sites for hydroxylation is 1. The third kappa shape index (κ3) is 3.63. The Morgan fingerprint density at radius 1 is 0.348 bits per heavy atom. The van der Waals surface area contributed by atoms with Gasteiger partial charge < -0.3 is 4.42 Å². The van der Waals surface area contributed by atoms with Gasteiger partial charge in [-0.1, -0.05) is 133 Å². The van der Waals surface area contributed by atoms with E-state index in [-0.39, 0.29) is 0 Å². The van der Waals surface area contributed by atoms with Crippen LogP contribution in [0.25, 0.3) is 98.4 Å². The molecule has 214 valence electrons. The first-order valence-electron chi connectivity index (χ1n) is 15.9. The van der Waals surface area contributed by atoms with Crippen LogP contribution in [0.5, 0.6) is 0 Å². The van der Waals surface area contributed by atoms with Gasteiger partial charge in [0.2, 0.25) is 0 Å². The van der Waals surface area contributed by atoms with Crippen molar-refractivity contribution in [1.29, 1.82) is 0 Å². The first-order chi connectivity index (χ1) is 22.7. The smallest absolute Gasteiger partial charge is 0.143 e. The van der Waals surface area contributed by atoms with E-state index in [4.69, 9.17) is 4.42 Å². The largest absolute Gasteiger partial charge is 0.455 e. The van der Waals surface area contributed by atoms with E-state index < -0.39 is 0 Å². The second kappa shape index (κ2) is 9.54. The lowest BCUT2D eigenvalue weighted by Gasteiger charge is -2.17. The van der Waals surface area contributed by atoms with Gasteiger partial charge >= 0.3 is 0 Å². The van der Waals surface area contributed by atoms with Gasteiger partial charge in [0.25, 0.3) is 0 Å². The van der Waals surface area contributed by atoms with Gasteiger partial charge in [-0.15, -0.1) is 0 Å². The van der Waals surface area contributed by atoms with Crippen LogP contribution in [0.4, 0.5) is 0 Å². The average Bonchev–Trinajstić information content (AvgIpc) is 3.50. The third-order valence-corrected chi connectivity index (χ3v) is 9.90. The highest BCUT2D eigenvalue weighted by Crippen LogP contribution is 2.44. The van der Waals surface area contributed by atoms with E-state index in [9.17, 15) is 0 Å². The second-order valence-corrected chi connectivity index (χ2v) is 12.5. The molecule has 0 aliphatic carbocycles. The number of hydrogen-bond acceptors (Lipinski definition) is 1. The Morgan fingerprint density at radius 3 is 1.76 bits per heavy atom. The number of hydrogen-bond donors (Lipinski definition) is 0. The van der Waals surface area contributed by atoms with Gasteiger partial charge in [-0.05, 0) is 102 Å². The highest BCUT2D eigenvalue weighted by Gasteiger charge is 2.18. The van der Waals surface area contributed by atoms with Crippen LogP contribution in [0.15, 0.2) is 156 Å². The summed E-state index contributed by atoms with van der Waals surface area (Å²) in [7, 11) is 0. The van der Waals surface area contributed by atoms with Gasteiger partial charge in [0.05, 0.1) is 0 Å². The molecule has 0 spiro atoms. The molecule has 0 unspecified atom stereocenters. The average molecular weight is 585 g/mol. The lowest BCUT2D eigenvalue weighted by atomic mass is 9.87.